The number of carbonyl (C=O) groups is 2. The lowest BCUT2D eigenvalue weighted by molar-refractivity contribution is -0.350. The molecule has 5 heterocycles. The number of benzene rings is 1. The number of ketones is 1. The second kappa shape index (κ2) is 4.84. The van der Waals surface area contributed by atoms with Crippen LogP contribution in [-0.4, -0.2) is 83.4 Å². The van der Waals surface area contributed by atoms with E-state index in [4.69, 9.17) is 14.2 Å². The zero-order valence-corrected chi connectivity index (χ0v) is 17.8. The van der Waals surface area contributed by atoms with Crippen LogP contribution in [0.3, 0.4) is 0 Å². The summed E-state index contributed by atoms with van der Waals surface area (Å²) in [6.45, 7) is 0.614. The maximum Gasteiger partial charge on any atom is 0.414 e. The quantitative estimate of drug-likeness (QED) is 0.636. The molecule has 168 valence electrons. The first-order valence-electron chi connectivity index (χ1n) is 11.3. The van der Waals surface area contributed by atoms with Gasteiger partial charge in [0.1, 0.15) is 23.6 Å². The molecule has 9 bridgehead atoms. The highest BCUT2D eigenvalue weighted by Gasteiger charge is 3.01. The van der Waals surface area contributed by atoms with E-state index in [9.17, 15) is 19.8 Å². The number of rotatable bonds is 1. The van der Waals surface area contributed by atoms with Gasteiger partial charge in [-0.1, -0.05) is 12.1 Å². The fourth-order valence-electron chi connectivity index (χ4n) is 9.87. The number of amides is 1. The first-order valence-corrected chi connectivity index (χ1v) is 11.3. The molecule has 5 aliphatic heterocycles. The van der Waals surface area contributed by atoms with Gasteiger partial charge >= 0.3 is 6.09 Å². The van der Waals surface area contributed by atoms with Gasteiger partial charge in [0.05, 0.1) is 37.3 Å². The minimum atomic E-state index is -1.93. The van der Waals surface area contributed by atoms with E-state index in [0.717, 1.165) is 5.56 Å². The number of aliphatic hydroxyl groups is 2. The summed E-state index contributed by atoms with van der Waals surface area (Å²) >= 11 is 0. The molecule has 10 rings (SSSR count). The van der Waals surface area contributed by atoms with Gasteiger partial charge in [0.25, 0.3) is 0 Å². The third-order valence-corrected chi connectivity index (χ3v) is 10.3. The summed E-state index contributed by atoms with van der Waals surface area (Å²) < 4.78 is 17.4. The molecule has 0 radical (unpaired) electrons. The van der Waals surface area contributed by atoms with E-state index in [0.29, 0.717) is 37.2 Å². The van der Waals surface area contributed by atoms with E-state index in [1.807, 2.05) is 12.1 Å². The molecule has 10 atom stereocenters. The number of hydrogen-bond donors (Lipinski definition) is 2. The van der Waals surface area contributed by atoms with E-state index >= 15 is 0 Å². The third-order valence-electron chi connectivity index (χ3n) is 10.3. The van der Waals surface area contributed by atoms with Crippen LogP contribution in [0.4, 0.5) is 10.5 Å². The summed E-state index contributed by atoms with van der Waals surface area (Å²) in [5.41, 5.74) is -3.45. The smallest absolute Gasteiger partial charge is 0.414 e. The lowest BCUT2D eigenvalue weighted by atomic mass is 9.38. The lowest BCUT2D eigenvalue weighted by Gasteiger charge is -2.74. The molecule has 4 saturated carbocycles. The average molecular weight is 440 g/mol. The van der Waals surface area contributed by atoms with Gasteiger partial charge in [-0.25, -0.2) is 4.79 Å². The number of Topliss-reactive ketones (excluding diaryl/α,β-unsaturated/α-hetero) is 1. The number of carbonyl (C=O) groups excluding carboxylic acids is 2. The minimum Gasteiger partial charge on any atom is -0.495 e. The first-order chi connectivity index (χ1) is 15.4. The number of piperidine rings is 1. The molecule has 1 aromatic carbocycles. The van der Waals surface area contributed by atoms with Crippen LogP contribution < -0.4 is 9.64 Å². The number of aliphatic hydroxyl groups excluding tert-OH is 1. The number of para-hydroxylation sites is 1. The predicted molar refractivity (Wildman–Crippen MR) is 107 cm³/mol. The Kier molecular flexibility index (Phi) is 2.76. The monoisotopic (exact) mass is 440 g/mol. The number of hydrogen-bond acceptors (Lipinski definition) is 8. The molecule has 4 saturated heterocycles. The Bertz CT molecular complexity index is 1160. The van der Waals surface area contributed by atoms with Crippen molar-refractivity contribution in [1.82, 2.24) is 4.90 Å². The zero-order chi connectivity index (χ0) is 22.0. The van der Waals surface area contributed by atoms with Crippen LogP contribution in [0.15, 0.2) is 18.2 Å². The number of anilines is 1. The van der Waals surface area contributed by atoms with Crippen molar-refractivity contribution < 1.29 is 34.0 Å². The predicted octanol–water partition coefficient (Wildman–Crippen LogP) is 0.156. The number of fused-ring (bicyclic) bond motifs is 2. The van der Waals surface area contributed by atoms with E-state index in [-0.39, 0.29) is 11.8 Å². The van der Waals surface area contributed by atoms with Gasteiger partial charge in [-0.15, -0.1) is 0 Å². The Labute approximate surface area is 183 Å². The van der Waals surface area contributed by atoms with Crippen LogP contribution >= 0.6 is 0 Å². The van der Waals surface area contributed by atoms with E-state index in [1.54, 1.807) is 13.2 Å². The largest absolute Gasteiger partial charge is 0.495 e. The molecule has 9 aliphatic rings. The molecule has 2 unspecified atom stereocenters. The summed E-state index contributed by atoms with van der Waals surface area (Å²) in [6.07, 6.45) is -1.12. The summed E-state index contributed by atoms with van der Waals surface area (Å²) in [5, 5.41) is 23.8. The summed E-state index contributed by atoms with van der Waals surface area (Å²) in [6, 6.07) is 5.40. The normalized spacial score (nSPS) is 54.2. The van der Waals surface area contributed by atoms with Crippen molar-refractivity contribution in [2.45, 2.75) is 60.3 Å². The Morgan fingerprint density at radius 1 is 1.28 bits per heavy atom. The van der Waals surface area contributed by atoms with Gasteiger partial charge in [0.2, 0.25) is 0 Å². The van der Waals surface area contributed by atoms with Crippen molar-refractivity contribution in [2.24, 2.45) is 11.3 Å². The Morgan fingerprint density at radius 2 is 2.09 bits per heavy atom. The molecule has 9 nitrogen and oxygen atoms in total. The molecule has 1 aromatic rings. The molecule has 0 aromatic heterocycles. The SMILES string of the molecule is COC(=O)N1c2c(OC)cccc2[C@@]23[C@H]4C(=O)[C@]5(O)[C@@H]6O[C@H]4N4CC[C@H](O)C6(CC[C@]125)[C@H]43. The molecule has 9 heteroatoms. The zero-order valence-electron chi connectivity index (χ0n) is 17.8. The van der Waals surface area contributed by atoms with Gasteiger partial charge < -0.3 is 24.4 Å². The summed E-state index contributed by atoms with van der Waals surface area (Å²) in [5.74, 6) is -0.380. The maximum absolute atomic E-state index is 14.1. The third kappa shape index (κ3) is 1.22. The van der Waals surface area contributed by atoms with Gasteiger partial charge in [0.15, 0.2) is 11.4 Å². The fourth-order valence-corrected chi connectivity index (χ4v) is 9.87. The van der Waals surface area contributed by atoms with E-state index < -0.39 is 52.4 Å². The fraction of sp³-hybridized carbons (Fsp3) is 0.652. The molecule has 8 fully saturated rings. The van der Waals surface area contributed by atoms with Crippen molar-refractivity contribution in [2.75, 3.05) is 25.7 Å². The molecule has 3 spiro atoms. The van der Waals surface area contributed by atoms with E-state index in [2.05, 4.69) is 4.90 Å². The van der Waals surface area contributed by atoms with Gasteiger partial charge in [-0.05, 0) is 30.9 Å². The highest BCUT2D eigenvalue weighted by molar-refractivity contribution is 6.09. The maximum atomic E-state index is 14.1. The number of nitrogens with zero attached hydrogens (tertiary/aromatic N) is 2. The minimum absolute atomic E-state index is 0.214. The molecule has 2 N–H and O–H groups in total. The van der Waals surface area contributed by atoms with Gasteiger partial charge in [0, 0.05) is 18.0 Å². The summed E-state index contributed by atoms with van der Waals surface area (Å²) in [7, 11) is 2.86. The molecule has 32 heavy (non-hydrogen) atoms. The van der Waals surface area contributed by atoms with Crippen molar-refractivity contribution in [3.63, 3.8) is 0 Å². The Hall–Kier alpha value is -2.20. The van der Waals surface area contributed by atoms with Crippen LogP contribution in [0.1, 0.15) is 24.8 Å². The highest BCUT2D eigenvalue weighted by atomic mass is 16.6. The molecule has 4 aliphatic carbocycles. The molecular weight excluding hydrogens is 416 g/mol. The van der Waals surface area contributed by atoms with Crippen molar-refractivity contribution in [3.05, 3.63) is 23.8 Å². The van der Waals surface area contributed by atoms with E-state index in [1.165, 1.54) is 12.0 Å². The van der Waals surface area contributed by atoms with Crippen LogP contribution in [0.5, 0.6) is 5.75 Å². The second-order valence-corrected chi connectivity index (χ2v) is 10.5. The number of ether oxygens (including phenoxy) is 3. The standard InChI is InChI=1S/C23H24N2O7/c1-30-11-5-3-4-10-14(11)25(19(28)31-2)21-8-7-20-12(26)6-9-24-16-13(22(10,21)17(20)24)15(27)23(21,29)18(20)32-16/h3-5,12-13,16-18,26,29H,6-9H2,1-2H3/t12-,13-,16+,17-,18+,20?,21-,22-,23-/m0/s1. The van der Waals surface area contributed by atoms with Gasteiger partial charge in [-0.3, -0.25) is 14.6 Å². The van der Waals surface area contributed by atoms with Crippen LogP contribution in [0.25, 0.3) is 0 Å². The average Bonchev–Trinajstić information content (AvgIpc) is 3.26. The Balaban J connectivity index is 1.58. The van der Waals surface area contributed by atoms with Gasteiger partial charge in [-0.2, -0.15) is 0 Å². The second-order valence-electron chi connectivity index (χ2n) is 10.5. The lowest BCUT2D eigenvalue weighted by Crippen LogP contribution is -2.91. The van der Waals surface area contributed by atoms with Crippen LogP contribution in [0, 0.1) is 11.3 Å². The van der Waals surface area contributed by atoms with Crippen LogP contribution in [0.2, 0.25) is 0 Å². The van der Waals surface area contributed by atoms with Crippen molar-refractivity contribution in [1.29, 1.82) is 0 Å². The van der Waals surface area contributed by atoms with Crippen molar-refractivity contribution in [3.8, 4) is 5.75 Å². The van der Waals surface area contributed by atoms with Crippen LogP contribution in [-0.2, 0) is 19.7 Å². The van der Waals surface area contributed by atoms with Crippen molar-refractivity contribution >= 4 is 17.6 Å². The molecular formula is C23H24N2O7. The topological polar surface area (TPSA) is 109 Å². The summed E-state index contributed by atoms with van der Waals surface area (Å²) in [4.78, 5) is 31.3. The highest BCUT2D eigenvalue weighted by Crippen LogP contribution is 2.85. The number of methoxy groups -OCH3 is 2. The molecule has 1 amide bonds. The first kappa shape index (κ1) is 18.3. The Morgan fingerprint density at radius 3 is 2.84 bits per heavy atom.